The van der Waals surface area contributed by atoms with Crippen LogP contribution in [-0.2, 0) is 13.6 Å². The van der Waals surface area contributed by atoms with Gasteiger partial charge in [0, 0.05) is 39.1 Å². The van der Waals surface area contributed by atoms with E-state index in [0.29, 0.717) is 5.92 Å². The molecule has 144 valence electrons. The molecule has 0 bridgehead atoms. The molecule has 4 heterocycles. The average molecular weight is 361 g/mol. The molecule has 0 atom stereocenters. The molecular formula is C19H32N6O. The highest BCUT2D eigenvalue weighted by molar-refractivity contribution is 5.74. The standard InChI is InChI=1S/C19H32N6O/c1-22-17(15-23-9-3-2-4-10-23)20-21-18(22)16-7-13-25(14-8-16)19(26)24-11-5-6-12-24/h16H,2-15H2,1H3. The first-order valence-electron chi connectivity index (χ1n) is 10.4. The van der Waals surface area contributed by atoms with Gasteiger partial charge < -0.3 is 14.4 Å². The van der Waals surface area contributed by atoms with Crippen molar-refractivity contribution >= 4 is 6.03 Å². The first kappa shape index (κ1) is 17.8. The predicted molar refractivity (Wildman–Crippen MR) is 99.9 cm³/mol. The maximum absolute atomic E-state index is 12.5. The number of rotatable bonds is 3. The molecule has 1 aromatic heterocycles. The van der Waals surface area contributed by atoms with Crippen LogP contribution in [0.25, 0.3) is 0 Å². The quantitative estimate of drug-likeness (QED) is 0.829. The Bertz CT molecular complexity index is 610. The molecule has 3 saturated heterocycles. The Kier molecular flexibility index (Phi) is 5.43. The zero-order valence-electron chi connectivity index (χ0n) is 16.1. The second kappa shape index (κ2) is 7.94. The summed E-state index contributed by atoms with van der Waals surface area (Å²) < 4.78 is 2.21. The SMILES string of the molecule is Cn1c(CN2CCCCC2)nnc1C1CCN(C(=O)N2CCCC2)CC1. The summed E-state index contributed by atoms with van der Waals surface area (Å²) in [5.41, 5.74) is 0. The number of amides is 2. The summed E-state index contributed by atoms with van der Waals surface area (Å²) in [6.45, 7) is 6.82. The Morgan fingerprint density at radius 1 is 0.885 bits per heavy atom. The van der Waals surface area contributed by atoms with Crippen LogP contribution in [0, 0.1) is 0 Å². The van der Waals surface area contributed by atoms with Crippen molar-refractivity contribution in [2.45, 2.75) is 57.4 Å². The summed E-state index contributed by atoms with van der Waals surface area (Å²) in [6.07, 6.45) is 8.25. The average Bonchev–Trinajstić information content (AvgIpc) is 3.33. The second-order valence-corrected chi connectivity index (χ2v) is 8.11. The minimum absolute atomic E-state index is 0.240. The molecular weight excluding hydrogens is 328 g/mol. The number of carbonyl (C=O) groups excluding carboxylic acids is 1. The largest absolute Gasteiger partial charge is 0.325 e. The third kappa shape index (κ3) is 3.72. The number of aromatic nitrogens is 3. The lowest BCUT2D eigenvalue weighted by atomic mass is 9.96. The highest BCUT2D eigenvalue weighted by Crippen LogP contribution is 2.28. The first-order chi connectivity index (χ1) is 12.7. The zero-order chi connectivity index (χ0) is 17.9. The number of nitrogens with zero attached hydrogens (tertiary/aromatic N) is 6. The molecule has 0 aromatic carbocycles. The van der Waals surface area contributed by atoms with Crippen LogP contribution in [0.5, 0.6) is 0 Å². The van der Waals surface area contributed by atoms with Crippen molar-refractivity contribution < 1.29 is 4.79 Å². The summed E-state index contributed by atoms with van der Waals surface area (Å²) in [6, 6.07) is 0.240. The predicted octanol–water partition coefficient (Wildman–Crippen LogP) is 2.20. The monoisotopic (exact) mass is 360 g/mol. The number of piperidine rings is 2. The van der Waals surface area contributed by atoms with E-state index in [0.717, 1.165) is 70.1 Å². The fourth-order valence-electron chi connectivity index (χ4n) is 4.62. The topological polar surface area (TPSA) is 57.5 Å². The Morgan fingerprint density at radius 3 is 2.19 bits per heavy atom. The lowest BCUT2D eigenvalue weighted by Gasteiger charge is -2.34. The molecule has 0 saturated carbocycles. The van der Waals surface area contributed by atoms with Gasteiger partial charge in [-0.2, -0.15) is 0 Å². The Balaban J connectivity index is 1.33. The number of carbonyl (C=O) groups is 1. The normalized spacial score (nSPS) is 23.0. The lowest BCUT2D eigenvalue weighted by Crippen LogP contribution is -2.45. The van der Waals surface area contributed by atoms with Gasteiger partial charge in [-0.1, -0.05) is 6.42 Å². The molecule has 7 nitrogen and oxygen atoms in total. The van der Waals surface area contributed by atoms with E-state index in [1.165, 1.54) is 32.4 Å². The molecule has 26 heavy (non-hydrogen) atoms. The second-order valence-electron chi connectivity index (χ2n) is 8.11. The van der Waals surface area contributed by atoms with Gasteiger partial charge in [-0.15, -0.1) is 10.2 Å². The van der Waals surface area contributed by atoms with E-state index in [9.17, 15) is 4.79 Å². The van der Waals surface area contributed by atoms with Gasteiger partial charge in [-0.3, -0.25) is 4.90 Å². The Hall–Kier alpha value is -1.63. The van der Waals surface area contributed by atoms with Crippen LogP contribution in [-0.4, -0.2) is 74.8 Å². The summed E-state index contributed by atoms with van der Waals surface area (Å²) in [4.78, 5) is 19.1. The van der Waals surface area contributed by atoms with E-state index in [4.69, 9.17) is 0 Å². The van der Waals surface area contributed by atoms with Gasteiger partial charge >= 0.3 is 6.03 Å². The van der Waals surface area contributed by atoms with Crippen LogP contribution in [0.2, 0.25) is 0 Å². The van der Waals surface area contributed by atoms with Gasteiger partial charge in [-0.25, -0.2) is 4.79 Å². The molecule has 0 unspecified atom stereocenters. The van der Waals surface area contributed by atoms with Gasteiger partial charge in [0.15, 0.2) is 0 Å². The molecule has 7 heteroatoms. The van der Waals surface area contributed by atoms with E-state index < -0.39 is 0 Å². The van der Waals surface area contributed by atoms with Gasteiger partial charge in [0.05, 0.1) is 6.54 Å². The van der Waals surface area contributed by atoms with Crippen molar-refractivity contribution in [1.82, 2.24) is 29.5 Å². The molecule has 0 N–H and O–H groups in total. The van der Waals surface area contributed by atoms with Crippen molar-refractivity contribution in [1.29, 1.82) is 0 Å². The van der Waals surface area contributed by atoms with Gasteiger partial charge in [0.25, 0.3) is 0 Å². The summed E-state index contributed by atoms with van der Waals surface area (Å²) in [5, 5.41) is 9.01. The number of urea groups is 1. The molecule has 3 aliphatic heterocycles. The third-order valence-electron chi connectivity index (χ3n) is 6.32. The number of hydrogen-bond donors (Lipinski definition) is 0. The summed E-state index contributed by atoms with van der Waals surface area (Å²) >= 11 is 0. The maximum atomic E-state index is 12.5. The van der Waals surface area contributed by atoms with Crippen LogP contribution in [0.4, 0.5) is 4.79 Å². The zero-order valence-corrected chi connectivity index (χ0v) is 16.1. The Morgan fingerprint density at radius 2 is 1.50 bits per heavy atom. The Labute approximate surface area is 156 Å². The van der Waals surface area contributed by atoms with Crippen LogP contribution >= 0.6 is 0 Å². The van der Waals surface area contributed by atoms with Crippen molar-refractivity contribution in [3.05, 3.63) is 11.6 Å². The summed E-state index contributed by atoms with van der Waals surface area (Å²) in [5.74, 6) is 2.60. The molecule has 0 aliphatic carbocycles. The smallest absolute Gasteiger partial charge is 0.319 e. The fourth-order valence-corrected chi connectivity index (χ4v) is 4.62. The van der Waals surface area contributed by atoms with Gasteiger partial charge in [-0.05, 0) is 51.6 Å². The molecule has 3 aliphatic rings. The molecule has 2 amide bonds. The molecule has 4 rings (SSSR count). The first-order valence-corrected chi connectivity index (χ1v) is 10.4. The minimum Gasteiger partial charge on any atom is -0.325 e. The number of hydrogen-bond acceptors (Lipinski definition) is 4. The summed E-state index contributed by atoms with van der Waals surface area (Å²) in [7, 11) is 2.11. The molecule has 0 radical (unpaired) electrons. The highest BCUT2D eigenvalue weighted by Gasteiger charge is 2.30. The third-order valence-corrected chi connectivity index (χ3v) is 6.32. The van der Waals surface area contributed by atoms with E-state index >= 15 is 0 Å². The highest BCUT2D eigenvalue weighted by atomic mass is 16.2. The van der Waals surface area contributed by atoms with Crippen molar-refractivity contribution in [2.24, 2.45) is 7.05 Å². The number of likely N-dealkylation sites (tertiary alicyclic amines) is 3. The van der Waals surface area contributed by atoms with Crippen molar-refractivity contribution in [3.8, 4) is 0 Å². The van der Waals surface area contributed by atoms with Crippen LogP contribution in [0.1, 0.15) is 62.5 Å². The van der Waals surface area contributed by atoms with Crippen molar-refractivity contribution in [3.63, 3.8) is 0 Å². The van der Waals surface area contributed by atoms with Gasteiger partial charge in [0.1, 0.15) is 11.6 Å². The van der Waals surface area contributed by atoms with Crippen LogP contribution in [0.3, 0.4) is 0 Å². The van der Waals surface area contributed by atoms with E-state index in [1.54, 1.807) is 0 Å². The lowest BCUT2D eigenvalue weighted by molar-refractivity contribution is 0.147. The van der Waals surface area contributed by atoms with Crippen LogP contribution < -0.4 is 0 Å². The fraction of sp³-hybridized carbons (Fsp3) is 0.842. The van der Waals surface area contributed by atoms with Gasteiger partial charge in [0.2, 0.25) is 0 Å². The van der Waals surface area contributed by atoms with E-state index in [2.05, 4.69) is 26.7 Å². The van der Waals surface area contributed by atoms with E-state index in [-0.39, 0.29) is 6.03 Å². The molecule has 3 fully saturated rings. The molecule has 1 aromatic rings. The molecule has 0 spiro atoms. The maximum Gasteiger partial charge on any atom is 0.319 e. The minimum atomic E-state index is 0.240. The van der Waals surface area contributed by atoms with Crippen LogP contribution in [0.15, 0.2) is 0 Å². The van der Waals surface area contributed by atoms with Crippen molar-refractivity contribution in [2.75, 3.05) is 39.3 Å². The van der Waals surface area contributed by atoms with E-state index in [1.807, 2.05) is 9.80 Å².